The number of para-hydroxylation sites is 2. The molecule has 1 saturated heterocycles. The molecule has 0 unspecified atom stereocenters. The van der Waals surface area contributed by atoms with Crippen molar-refractivity contribution in [1.29, 1.82) is 0 Å². The van der Waals surface area contributed by atoms with Crippen molar-refractivity contribution in [1.82, 2.24) is 9.88 Å². The molecular weight excluding hydrogens is 320 g/mol. The largest absolute Gasteiger partial charge is 0.381 e. The lowest BCUT2D eigenvalue weighted by atomic mass is 10.0. The number of amides is 1. The second kappa shape index (κ2) is 8.08. The summed E-state index contributed by atoms with van der Waals surface area (Å²) in [7, 11) is 2.15. The number of likely N-dealkylation sites (tertiary alicyclic amines) is 1. The van der Waals surface area contributed by atoms with Gasteiger partial charge in [-0.05, 0) is 51.2 Å². The van der Waals surface area contributed by atoms with Crippen LogP contribution in [-0.2, 0) is 4.79 Å². The molecule has 2 N–H and O–H groups in total. The van der Waals surface area contributed by atoms with Crippen molar-refractivity contribution in [3.05, 3.63) is 46.9 Å². The van der Waals surface area contributed by atoms with Crippen LogP contribution in [0.1, 0.15) is 18.5 Å². The molecule has 1 fully saturated rings. The number of carbonyl (C=O) groups excluding carboxylic acids is 1. The monoisotopic (exact) mass is 342 g/mol. The second-order valence-electron chi connectivity index (χ2n) is 6.00. The van der Waals surface area contributed by atoms with Crippen LogP contribution in [0.15, 0.2) is 41.2 Å². The first kappa shape index (κ1) is 16.7. The molecule has 0 aliphatic carbocycles. The van der Waals surface area contributed by atoms with Gasteiger partial charge in [0.2, 0.25) is 5.91 Å². The average molecular weight is 342 g/mol. The number of rotatable bonds is 5. The number of nitrogens with zero attached hydrogens (tertiary/aromatic N) is 2. The van der Waals surface area contributed by atoms with Crippen molar-refractivity contribution in [3.63, 3.8) is 0 Å². The zero-order chi connectivity index (χ0) is 16.8. The molecule has 0 radical (unpaired) electrons. The summed E-state index contributed by atoms with van der Waals surface area (Å²) >= 11 is 1.51. The van der Waals surface area contributed by atoms with Crippen molar-refractivity contribution in [2.24, 2.45) is 0 Å². The summed E-state index contributed by atoms with van der Waals surface area (Å²) in [4.78, 5) is 18.6. The number of aromatic nitrogens is 1. The van der Waals surface area contributed by atoms with Gasteiger partial charge in [-0.15, -0.1) is 11.3 Å². The average Bonchev–Trinajstić information content (AvgIpc) is 3.10. The Bertz CT molecular complexity index is 691. The molecule has 24 heavy (non-hydrogen) atoms. The summed E-state index contributed by atoms with van der Waals surface area (Å²) in [6.07, 6.45) is 5.46. The van der Waals surface area contributed by atoms with Crippen LogP contribution in [-0.4, -0.2) is 42.0 Å². The minimum Gasteiger partial charge on any atom is -0.381 e. The molecule has 1 amide bonds. The maximum Gasteiger partial charge on any atom is 0.248 e. The Balaban J connectivity index is 1.62. The fourth-order valence-corrected chi connectivity index (χ4v) is 3.25. The predicted octanol–water partition coefficient (Wildman–Crippen LogP) is 3.30. The molecule has 2 heterocycles. The lowest BCUT2D eigenvalue weighted by molar-refractivity contribution is -0.111. The van der Waals surface area contributed by atoms with Gasteiger partial charge >= 0.3 is 0 Å². The van der Waals surface area contributed by atoms with E-state index in [4.69, 9.17) is 0 Å². The van der Waals surface area contributed by atoms with Crippen molar-refractivity contribution in [2.75, 3.05) is 30.8 Å². The van der Waals surface area contributed by atoms with Crippen LogP contribution >= 0.6 is 11.3 Å². The van der Waals surface area contributed by atoms with E-state index in [0.717, 1.165) is 43.0 Å². The number of nitrogens with one attached hydrogen (secondary N) is 2. The number of thiazole rings is 1. The Kier molecular flexibility index (Phi) is 5.61. The maximum atomic E-state index is 12.1. The van der Waals surface area contributed by atoms with Crippen LogP contribution in [0.5, 0.6) is 0 Å². The summed E-state index contributed by atoms with van der Waals surface area (Å²) in [5, 5.41) is 8.42. The molecule has 1 aliphatic rings. The summed E-state index contributed by atoms with van der Waals surface area (Å²) in [6, 6.07) is 8.30. The molecule has 1 aromatic carbocycles. The minimum absolute atomic E-state index is 0.152. The van der Waals surface area contributed by atoms with Gasteiger partial charge in [0.05, 0.1) is 22.6 Å². The van der Waals surface area contributed by atoms with E-state index in [9.17, 15) is 4.79 Å². The number of benzene rings is 1. The highest BCUT2D eigenvalue weighted by Gasteiger charge is 2.17. The third-order valence-corrected chi connectivity index (χ3v) is 4.72. The fraction of sp³-hybridized carbons (Fsp3) is 0.333. The number of piperidine rings is 1. The van der Waals surface area contributed by atoms with Crippen LogP contribution in [0.2, 0.25) is 0 Å². The maximum absolute atomic E-state index is 12.1. The Hall–Kier alpha value is -2.18. The van der Waals surface area contributed by atoms with Crippen LogP contribution in [0.4, 0.5) is 11.4 Å². The third-order valence-electron chi connectivity index (χ3n) is 4.12. The Labute approximate surface area is 146 Å². The molecule has 3 rings (SSSR count). The highest BCUT2D eigenvalue weighted by atomic mass is 32.1. The summed E-state index contributed by atoms with van der Waals surface area (Å²) in [5.41, 5.74) is 4.33. The molecule has 5 nitrogen and oxygen atoms in total. The molecule has 1 aliphatic heterocycles. The van der Waals surface area contributed by atoms with Crippen molar-refractivity contribution in [2.45, 2.75) is 18.9 Å². The van der Waals surface area contributed by atoms with E-state index in [1.807, 2.05) is 29.6 Å². The molecule has 0 atom stereocenters. The zero-order valence-corrected chi connectivity index (χ0v) is 14.6. The molecule has 0 saturated carbocycles. The molecule has 0 bridgehead atoms. The van der Waals surface area contributed by atoms with Gasteiger partial charge < -0.3 is 15.5 Å². The van der Waals surface area contributed by atoms with Crippen molar-refractivity contribution in [3.8, 4) is 0 Å². The minimum atomic E-state index is -0.152. The topological polar surface area (TPSA) is 57.3 Å². The smallest absolute Gasteiger partial charge is 0.248 e. The quantitative estimate of drug-likeness (QED) is 0.819. The Morgan fingerprint density at radius 1 is 1.29 bits per heavy atom. The molecule has 1 aromatic heterocycles. The Morgan fingerprint density at radius 3 is 2.75 bits per heavy atom. The third kappa shape index (κ3) is 4.66. The summed E-state index contributed by atoms with van der Waals surface area (Å²) < 4.78 is 0. The van der Waals surface area contributed by atoms with Crippen LogP contribution in [0, 0.1) is 0 Å². The van der Waals surface area contributed by atoms with E-state index in [2.05, 4.69) is 27.6 Å². The molecule has 126 valence electrons. The lowest BCUT2D eigenvalue weighted by Gasteiger charge is -2.30. The van der Waals surface area contributed by atoms with Crippen molar-refractivity contribution >= 4 is 34.7 Å². The first-order valence-electron chi connectivity index (χ1n) is 8.12. The summed E-state index contributed by atoms with van der Waals surface area (Å²) in [6.45, 7) is 2.20. The number of anilines is 2. The SMILES string of the molecule is CN1CCC(Nc2ccccc2NC(=O)/C=C/c2cscn2)CC1. The van der Waals surface area contributed by atoms with E-state index >= 15 is 0 Å². The number of hydrogen-bond donors (Lipinski definition) is 2. The number of hydrogen-bond acceptors (Lipinski definition) is 5. The van der Waals surface area contributed by atoms with Crippen LogP contribution < -0.4 is 10.6 Å². The standard InChI is InChI=1S/C18H22N4OS/c1-22-10-8-14(9-11-22)20-16-4-2-3-5-17(16)21-18(23)7-6-15-12-24-13-19-15/h2-7,12-14,20H,8-11H2,1H3,(H,21,23)/b7-6+. The van der Waals surface area contributed by atoms with Gasteiger partial charge in [0.1, 0.15) is 0 Å². The fourth-order valence-electron chi connectivity index (χ4n) is 2.73. The Morgan fingerprint density at radius 2 is 2.04 bits per heavy atom. The summed E-state index contributed by atoms with van der Waals surface area (Å²) in [5.74, 6) is -0.152. The van der Waals surface area contributed by atoms with E-state index in [0.29, 0.717) is 6.04 Å². The van der Waals surface area contributed by atoms with Gasteiger partial charge in [-0.1, -0.05) is 12.1 Å². The van der Waals surface area contributed by atoms with E-state index in [1.54, 1.807) is 11.6 Å². The molecule has 6 heteroatoms. The van der Waals surface area contributed by atoms with E-state index in [1.165, 1.54) is 17.4 Å². The van der Waals surface area contributed by atoms with Gasteiger partial charge in [-0.25, -0.2) is 4.98 Å². The molecular formula is C18H22N4OS. The first-order chi connectivity index (χ1) is 11.7. The second-order valence-corrected chi connectivity index (χ2v) is 6.72. The highest BCUT2D eigenvalue weighted by molar-refractivity contribution is 7.07. The molecule has 0 spiro atoms. The molecule has 2 aromatic rings. The first-order valence-corrected chi connectivity index (χ1v) is 9.06. The highest BCUT2D eigenvalue weighted by Crippen LogP contribution is 2.24. The van der Waals surface area contributed by atoms with Crippen LogP contribution in [0.3, 0.4) is 0 Å². The van der Waals surface area contributed by atoms with Gasteiger partial charge in [-0.2, -0.15) is 0 Å². The zero-order valence-electron chi connectivity index (χ0n) is 13.7. The van der Waals surface area contributed by atoms with Gasteiger partial charge in [-0.3, -0.25) is 4.79 Å². The van der Waals surface area contributed by atoms with E-state index in [-0.39, 0.29) is 5.91 Å². The van der Waals surface area contributed by atoms with Gasteiger partial charge in [0, 0.05) is 17.5 Å². The number of carbonyl (C=O) groups is 1. The predicted molar refractivity (Wildman–Crippen MR) is 100 cm³/mol. The van der Waals surface area contributed by atoms with E-state index < -0.39 is 0 Å². The normalized spacial score (nSPS) is 16.4. The van der Waals surface area contributed by atoms with Gasteiger partial charge in [0.15, 0.2) is 0 Å². The van der Waals surface area contributed by atoms with Gasteiger partial charge in [0.25, 0.3) is 0 Å². The van der Waals surface area contributed by atoms with Crippen LogP contribution in [0.25, 0.3) is 6.08 Å². The lowest BCUT2D eigenvalue weighted by Crippen LogP contribution is -2.36. The van der Waals surface area contributed by atoms with Crippen molar-refractivity contribution < 1.29 is 4.79 Å².